The molecule has 0 aliphatic carbocycles. The number of anilines is 1. The summed E-state index contributed by atoms with van der Waals surface area (Å²) in [6, 6.07) is 7.12. The van der Waals surface area contributed by atoms with Crippen LogP contribution in [0.2, 0.25) is 0 Å². The molecule has 0 aliphatic heterocycles. The second-order valence-electron chi connectivity index (χ2n) is 4.04. The van der Waals surface area contributed by atoms with Gasteiger partial charge < -0.3 is 10.1 Å². The molecule has 6 nitrogen and oxygen atoms in total. The highest BCUT2D eigenvalue weighted by Gasteiger charge is 2.12. The summed E-state index contributed by atoms with van der Waals surface area (Å²) in [6.45, 7) is 2.04. The van der Waals surface area contributed by atoms with Crippen LogP contribution in [0.4, 0.5) is 5.69 Å². The van der Waals surface area contributed by atoms with Crippen molar-refractivity contribution >= 4 is 11.6 Å². The van der Waals surface area contributed by atoms with Crippen LogP contribution in [-0.4, -0.2) is 28.2 Å². The van der Waals surface area contributed by atoms with Crippen molar-refractivity contribution in [1.29, 1.82) is 0 Å². The van der Waals surface area contributed by atoms with Crippen LogP contribution in [0, 0.1) is 0 Å². The van der Waals surface area contributed by atoms with E-state index in [2.05, 4.69) is 20.5 Å². The molecule has 0 saturated carbocycles. The lowest BCUT2D eigenvalue weighted by Crippen LogP contribution is -2.13. The quantitative estimate of drug-likeness (QED) is 0.861. The maximum Gasteiger partial charge on any atom is 0.295 e. The molecule has 2 N–H and O–H groups in total. The third-order valence-corrected chi connectivity index (χ3v) is 2.55. The maximum atomic E-state index is 11.9. The zero-order chi connectivity index (χ0) is 13.7. The van der Waals surface area contributed by atoms with E-state index < -0.39 is 0 Å². The van der Waals surface area contributed by atoms with E-state index in [0.717, 1.165) is 18.7 Å². The van der Waals surface area contributed by atoms with E-state index >= 15 is 0 Å². The largest absolute Gasteiger partial charge is 0.497 e. The molecule has 0 atom stereocenters. The molecule has 6 heteroatoms. The van der Waals surface area contributed by atoms with Gasteiger partial charge in [0.25, 0.3) is 5.91 Å². The molecular weight excluding hydrogens is 244 g/mol. The first kappa shape index (κ1) is 13.1. The Hall–Kier alpha value is -2.37. The van der Waals surface area contributed by atoms with Crippen molar-refractivity contribution in [2.45, 2.75) is 19.8 Å². The summed E-state index contributed by atoms with van der Waals surface area (Å²) in [7, 11) is 1.58. The van der Waals surface area contributed by atoms with E-state index in [1.54, 1.807) is 25.3 Å². The number of carbonyl (C=O) groups is 1. The van der Waals surface area contributed by atoms with Crippen molar-refractivity contribution in [3.63, 3.8) is 0 Å². The van der Waals surface area contributed by atoms with E-state index in [4.69, 9.17) is 4.74 Å². The molecule has 0 unspecified atom stereocenters. The Morgan fingerprint density at radius 1 is 1.47 bits per heavy atom. The third kappa shape index (κ3) is 3.31. The molecule has 0 fully saturated rings. The Bertz CT molecular complexity index is 565. The predicted octanol–water partition coefficient (Wildman–Crippen LogP) is 2.02. The van der Waals surface area contributed by atoms with Gasteiger partial charge in [0.15, 0.2) is 0 Å². The molecule has 1 amide bonds. The highest BCUT2D eigenvalue weighted by atomic mass is 16.5. The van der Waals surface area contributed by atoms with E-state index in [9.17, 15) is 4.79 Å². The normalized spacial score (nSPS) is 10.2. The Labute approximate surface area is 111 Å². The van der Waals surface area contributed by atoms with E-state index in [1.807, 2.05) is 13.0 Å². The van der Waals surface area contributed by atoms with Crippen LogP contribution in [0.25, 0.3) is 0 Å². The van der Waals surface area contributed by atoms with E-state index in [1.165, 1.54) is 0 Å². The minimum atomic E-state index is -0.341. The molecule has 1 aromatic heterocycles. The van der Waals surface area contributed by atoms with E-state index in [0.29, 0.717) is 11.4 Å². The second kappa shape index (κ2) is 5.99. The molecule has 100 valence electrons. The van der Waals surface area contributed by atoms with Crippen LogP contribution in [0.5, 0.6) is 5.75 Å². The molecule has 1 heterocycles. The van der Waals surface area contributed by atoms with Gasteiger partial charge in [-0.25, -0.2) is 4.98 Å². The summed E-state index contributed by atoms with van der Waals surface area (Å²) >= 11 is 0. The van der Waals surface area contributed by atoms with Crippen LogP contribution in [0.15, 0.2) is 24.3 Å². The third-order valence-electron chi connectivity index (χ3n) is 2.55. The van der Waals surface area contributed by atoms with Gasteiger partial charge in [0.2, 0.25) is 5.82 Å². The van der Waals surface area contributed by atoms with Crippen LogP contribution >= 0.6 is 0 Å². The average molecular weight is 260 g/mol. The molecule has 0 bridgehead atoms. The zero-order valence-electron chi connectivity index (χ0n) is 10.9. The number of nitrogens with one attached hydrogen (secondary N) is 2. The van der Waals surface area contributed by atoms with Gasteiger partial charge in [-0.15, -0.1) is 5.10 Å². The zero-order valence-corrected chi connectivity index (χ0v) is 10.9. The van der Waals surface area contributed by atoms with Crippen LogP contribution < -0.4 is 10.1 Å². The van der Waals surface area contributed by atoms with Gasteiger partial charge in [0.1, 0.15) is 11.6 Å². The van der Waals surface area contributed by atoms with Crippen molar-refractivity contribution in [2.24, 2.45) is 0 Å². The average Bonchev–Trinajstić information content (AvgIpc) is 2.88. The topological polar surface area (TPSA) is 79.9 Å². The number of methoxy groups -OCH3 is 1. The van der Waals surface area contributed by atoms with Crippen molar-refractivity contribution in [2.75, 3.05) is 12.4 Å². The molecule has 0 spiro atoms. The fourth-order valence-electron chi connectivity index (χ4n) is 1.63. The minimum Gasteiger partial charge on any atom is -0.497 e. The highest BCUT2D eigenvalue weighted by Crippen LogP contribution is 2.17. The minimum absolute atomic E-state index is 0.145. The van der Waals surface area contributed by atoms with Gasteiger partial charge >= 0.3 is 0 Å². The first-order chi connectivity index (χ1) is 9.22. The van der Waals surface area contributed by atoms with Gasteiger partial charge in [0, 0.05) is 18.2 Å². The van der Waals surface area contributed by atoms with Gasteiger partial charge in [-0.1, -0.05) is 13.0 Å². The molecular formula is C13H16N4O2. The van der Waals surface area contributed by atoms with Crippen molar-refractivity contribution < 1.29 is 9.53 Å². The summed E-state index contributed by atoms with van der Waals surface area (Å²) < 4.78 is 5.09. The van der Waals surface area contributed by atoms with Gasteiger partial charge in [0.05, 0.1) is 7.11 Å². The summed E-state index contributed by atoms with van der Waals surface area (Å²) in [5.74, 6) is 1.20. The van der Waals surface area contributed by atoms with Crippen LogP contribution in [0.3, 0.4) is 0 Å². The Morgan fingerprint density at radius 2 is 2.32 bits per heavy atom. The van der Waals surface area contributed by atoms with Crippen molar-refractivity contribution in [3.8, 4) is 5.75 Å². The van der Waals surface area contributed by atoms with Crippen molar-refractivity contribution in [3.05, 3.63) is 35.9 Å². The molecule has 19 heavy (non-hydrogen) atoms. The number of aromatic amines is 1. The summed E-state index contributed by atoms with van der Waals surface area (Å²) in [6.07, 6.45) is 1.73. The number of carbonyl (C=O) groups excluding carboxylic acids is 1. The molecule has 2 aromatic rings. The second-order valence-corrected chi connectivity index (χ2v) is 4.04. The molecule has 0 saturated heterocycles. The number of benzene rings is 1. The number of H-pyrrole nitrogens is 1. The lowest BCUT2D eigenvalue weighted by atomic mass is 10.3. The first-order valence-electron chi connectivity index (χ1n) is 6.09. The SMILES string of the molecule is CCCc1nc(C(=O)Nc2cccc(OC)c2)n[nH]1. The number of aromatic nitrogens is 3. The standard InChI is InChI=1S/C13H16N4O2/c1-3-5-11-15-12(17-16-11)13(18)14-9-6-4-7-10(8-9)19-2/h4,6-8H,3,5H2,1-2H3,(H,14,18)(H,15,16,17). The molecule has 2 rings (SSSR count). The fourth-order valence-corrected chi connectivity index (χ4v) is 1.63. The Kier molecular flexibility index (Phi) is 4.12. The number of aryl methyl sites for hydroxylation is 1. The highest BCUT2D eigenvalue weighted by molar-refractivity contribution is 6.01. The number of ether oxygens (including phenoxy) is 1. The number of rotatable bonds is 5. The predicted molar refractivity (Wildman–Crippen MR) is 71.3 cm³/mol. The van der Waals surface area contributed by atoms with Crippen molar-refractivity contribution in [1.82, 2.24) is 15.2 Å². The molecule has 0 radical (unpaired) electrons. The van der Waals surface area contributed by atoms with E-state index in [-0.39, 0.29) is 11.7 Å². The van der Waals surface area contributed by atoms with Gasteiger partial charge in [-0.05, 0) is 18.6 Å². The van der Waals surface area contributed by atoms with Gasteiger partial charge in [-0.2, -0.15) is 0 Å². The van der Waals surface area contributed by atoms with Crippen LogP contribution in [0.1, 0.15) is 29.8 Å². The molecule has 0 aliphatic rings. The van der Waals surface area contributed by atoms with Crippen LogP contribution in [-0.2, 0) is 6.42 Å². The first-order valence-corrected chi connectivity index (χ1v) is 6.09. The Morgan fingerprint density at radius 3 is 3.05 bits per heavy atom. The summed E-state index contributed by atoms with van der Waals surface area (Å²) in [5, 5.41) is 9.37. The number of nitrogens with zero attached hydrogens (tertiary/aromatic N) is 2. The smallest absolute Gasteiger partial charge is 0.295 e. The number of amides is 1. The van der Waals surface area contributed by atoms with Gasteiger partial charge in [-0.3, -0.25) is 9.89 Å². The summed E-state index contributed by atoms with van der Waals surface area (Å²) in [5.41, 5.74) is 0.645. The number of hydrogen-bond donors (Lipinski definition) is 2. The molecule has 1 aromatic carbocycles. The lowest BCUT2D eigenvalue weighted by Gasteiger charge is -2.04. The summed E-state index contributed by atoms with van der Waals surface area (Å²) in [4.78, 5) is 16.1. The lowest BCUT2D eigenvalue weighted by molar-refractivity contribution is 0.101. The maximum absolute atomic E-state index is 11.9. The fraction of sp³-hybridized carbons (Fsp3) is 0.308. The number of hydrogen-bond acceptors (Lipinski definition) is 4. The Balaban J connectivity index is 2.06. The monoisotopic (exact) mass is 260 g/mol.